The SMILES string of the molecule is CCOC(=O)N1CCN(C(=O)CC[C@]2(Cc3ccc(F)cc3)CCC(=O)N2)CC1. The van der Waals surface area contributed by atoms with E-state index in [1.165, 1.54) is 12.1 Å². The van der Waals surface area contributed by atoms with Crippen molar-refractivity contribution in [3.8, 4) is 0 Å². The van der Waals surface area contributed by atoms with E-state index in [0.29, 0.717) is 64.9 Å². The van der Waals surface area contributed by atoms with E-state index in [2.05, 4.69) is 5.32 Å². The highest BCUT2D eigenvalue weighted by Crippen LogP contribution is 2.30. The molecule has 29 heavy (non-hydrogen) atoms. The normalized spacial score (nSPS) is 21.8. The molecular formula is C21H28FN3O4. The number of halogens is 1. The molecule has 2 heterocycles. The summed E-state index contributed by atoms with van der Waals surface area (Å²) in [5.74, 6) is -0.286. The maximum Gasteiger partial charge on any atom is 0.409 e. The summed E-state index contributed by atoms with van der Waals surface area (Å²) in [4.78, 5) is 39.7. The number of hydrogen-bond acceptors (Lipinski definition) is 4. The maximum atomic E-state index is 13.2. The zero-order valence-corrected chi connectivity index (χ0v) is 16.8. The predicted molar refractivity (Wildman–Crippen MR) is 105 cm³/mol. The van der Waals surface area contributed by atoms with Crippen molar-refractivity contribution in [1.29, 1.82) is 0 Å². The summed E-state index contributed by atoms with van der Waals surface area (Å²) >= 11 is 0. The highest BCUT2D eigenvalue weighted by molar-refractivity contribution is 5.80. The Morgan fingerprint density at radius 2 is 1.79 bits per heavy atom. The number of carbonyl (C=O) groups is 3. The van der Waals surface area contributed by atoms with Gasteiger partial charge in [-0.15, -0.1) is 0 Å². The van der Waals surface area contributed by atoms with Crippen LogP contribution in [-0.4, -0.2) is 66.0 Å². The van der Waals surface area contributed by atoms with Gasteiger partial charge in [0.1, 0.15) is 5.82 Å². The van der Waals surface area contributed by atoms with Gasteiger partial charge < -0.3 is 19.9 Å². The van der Waals surface area contributed by atoms with Gasteiger partial charge in [-0.1, -0.05) is 12.1 Å². The van der Waals surface area contributed by atoms with E-state index >= 15 is 0 Å². The molecule has 8 heteroatoms. The fourth-order valence-electron chi connectivity index (χ4n) is 4.03. The molecule has 2 aliphatic heterocycles. The molecule has 3 rings (SSSR count). The predicted octanol–water partition coefficient (Wildman–Crippen LogP) is 2.10. The Bertz CT molecular complexity index is 747. The molecule has 1 aromatic rings. The van der Waals surface area contributed by atoms with Gasteiger partial charge in [-0.05, 0) is 43.9 Å². The van der Waals surface area contributed by atoms with Crippen LogP contribution in [0.5, 0.6) is 0 Å². The van der Waals surface area contributed by atoms with E-state index in [1.807, 2.05) is 0 Å². The lowest BCUT2D eigenvalue weighted by molar-refractivity contribution is -0.133. The standard InChI is InChI=1S/C21H28FN3O4/c1-2-29-20(28)25-13-11-24(12-14-25)19(27)8-10-21(9-7-18(26)23-21)15-16-3-5-17(22)6-4-16/h3-6H,2,7-15H2,1H3,(H,23,26)/t21-/m0/s1. The first-order valence-corrected chi connectivity index (χ1v) is 10.2. The highest BCUT2D eigenvalue weighted by atomic mass is 19.1. The van der Waals surface area contributed by atoms with Crippen LogP contribution in [0.1, 0.15) is 38.2 Å². The molecule has 0 aliphatic carbocycles. The molecule has 2 fully saturated rings. The van der Waals surface area contributed by atoms with Crippen LogP contribution in [-0.2, 0) is 20.7 Å². The summed E-state index contributed by atoms with van der Waals surface area (Å²) < 4.78 is 18.2. The molecular weight excluding hydrogens is 377 g/mol. The highest BCUT2D eigenvalue weighted by Gasteiger charge is 2.38. The van der Waals surface area contributed by atoms with E-state index in [-0.39, 0.29) is 23.7 Å². The minimum absolute atomic E-state index is 0.0115. The van der Waals surface area contributed by atoms with Gasteiger partial charge >= 0.3 is 6.09 Å². The van der Waals surface area contributed by atoms with Crippen LogP contribution < -0.4 is 5.32 Å². The number of nitrogens with zero attached hydrogens (tertiary/aromatic N) is 2. The molecule has 2 aliphatic rings. The average molecular weight is 405 g/mol. The summed E-state index contributed by atoms with van der Waals surface area (Å²) in [6.45, 7) is 3.98. The van der Waals surface area contributed by atoms with Crippen molar-refractivity contribution in [2.75, 3.05) is 32.8 Å². The van der Waals surface area contributed by atoms with Gasteiger partial charge in [0, 0.05) is 44.6 Å². The van der Waals surface area contributed by atoms with E-state index < -0.39 is 5.54 Å². The molecule has 0 bridgehead atoms. The van der Waals surface area contributed by atoms with Crippen molar-refractivity contribution in [2.24, 2.45) is 0 Å². The third-order valence-corrected chi connectivity index (χ3v) is 5.67. The van der Waals surface area contributed by atoms with Crippen molar-refractivity contribution in [3.63, 3.8) is 0 Å². The fraction of sp³-hybridized carbons (Fsp3) is 0.571. The minimum atomic E-state index is -0.475. The first-order valence-electron chi connectivity index (χ1n) is 10.2. The lowest BCUT2D eigenvalue weighted by Gasteiger charge is -2.35. The minimum Gasteiger partial charge on any atom is -0.450 e. The van der Waals surface area contributed by atoms with Crippen molar-refractivity contribution >= 4 is 17.9 Å². The largest absolute Gasteiger partial charge is 0.450 e. The van der Waals surface area contributed by atoms with Gasteiger partial charge in [-0.25, -0.2) is 9.18 Å². The second-order valence-electron chi connectivity index (χ2n) is 7.70. The van der Waals surface area contributed by atoms with E-state index in [1.54, 1.807) is 28.9 Å². The number of carbonyl (C=O) groups excluding carboxylic acids is 3. The molecule has 0 unspecified atom stereocenters. The molecule has 0 aromatic heterocycles. The van der Waals surface area contributed by atoms with E-state index in [0.717, 1.165) is 5.56 Å². The first-order chi connectivity index (χ1) is 13.9. The lowest BCUT2D eigenvalue weighted by atomic mass is 9.85. The summed E-state index contributed by atoms with van der Waals surface area (Å²) in [6.07, 6.45) is 2.18. The van der Waals surface area contributed by atoms with Crippen LogP contribution in [0.25, 0.3) is 0 Å². The van der Waals surface area contributed by atoms with Crippen LogP contribution in [0.15, 0.2) is 24.3 Å². The van der Waals surface area contributed by atoms with Crippen molar-refractivity contribution < 1.29 is 23.5 Å². The number of nitrogens with one attached hydrogen (secondary N) is 1. The van der Waals surface area contributed by atoms with Crippen molar-refractivity contribution in [1.82, 2.24) is 15.1 Å². The molecule has 1 aromatic carbocycles. The average Bonchev–Trinajstić information content (AvgIpc) is 3.09. The van der Waals surface area contributed by atoms with Crippen LogP contribution in [0.2, 0.25) is 0 Å². The van der Waals surface area contributed by atoms with Crippen LogP contribution in [0, 0.1) is 5.82 Å². The number of amides is 3. The summed E-state index contributed by atoms with van der Waals surface area (Å²) in [7, 11) is 0. The number of piperazine rings is 1. The van der Waals surface area contributed by atoms with Crippen molar-refractivity contribution in [2.45, 2.75) is 44.6 Å². The third kappa shape index (κ3) is 5.46. The van der Waals surface area contributed by atoms with Crippen molar-refractivity contribution in [3.05, 3.63) is 35.6 Å². The Morgan fingerprint density at radius 1 is 1.14 bits per heavy atom. The quantitative estimate of drug-likeness (QED) is 0.786. The van der Waals surface area contributed by atoms with Gasteiger partial charge in [-0.3, -0.25) is 9.59 Å². The van der Waals surface area contributed by atoms with Gasteiger partial charge in [0.25, 0.3) is 0 Å². The van der Waals surface area contributed by atoms with Crippen LogP contribution in [0.3, 0.4) is 0 Å². The fourth-order valence-corrected chi connectivity index (χ4v) is 4.03. The number of ether oxygens (including phenoxy) is 1. The Balaban J connectivity index is 1.54. The third-order valence-electron chi connectivity index (χ3n) is 5.67. The van der Waals surface area contributed by atoms with Gasteiger partial charge in [0.2, 0.25) is 11.8 Å². The number of rotatable bonds is 6. The molecule has 1 N–H and O–H groups in total. The topological polar surface area (TPSA) is 79.0 Å². The summed E-state index contributed by atoms with van der Waals surface area (Å²) in [6, 6.07) is 6.26. The number of benzene rings is 1. The van der Waals surface area contributed by atoms with E-state index in [4.69, 9.17) is 4.74 Å². The second-order valence-corrected chi connectivity index (χ2v) is 7.70. The molecule has 0 spiro atoms. The maximum absolute atomic E-state index is 13.2. The molecule has 2 saturated heterocycles. The smallest absolute Gasteiger partial charge is 0.409 e. The Labute approximate surface area is 170 Å². The Kier molecular flexibility index (Phi) is 6.71. The van der Waals surface area contributed by atoms with Crippen LogP contribution >= 0.6 is 0 Å². The van der Waals surface area contributed by atoms with Gasteiger partial charge in [0.05, 0.1) is 6.61 Å². The molecule has 158 valence electrons. The molecule has 0 saturated carbocycles. The summed E-state index contributed by atoms with van der Waals surface area (Å²) in [5, 5.41) is 3.05. The zero-order valence-electron chi connectivity index (χ0n) is 16.8. The van der Waals surface area contributed by atoms with Gasteiger partial charge in [-0.2, -0.15) is 0 Å². The van der Waals surface area contributed by atoms with E-state index in [9.17, 15) is 18.8 Å². The molecule has 1 atom stereocenters. The first kappa shape index (κ1) is 21.1. The lowest BCUT2D eigenvalue weighted by Crippen LogP contribution is -2.51. The number of hydrogen-bond donors (Lipinski definition) is 1. The Hall–Kier alpha value is -2.64. The molecule has 0 radical (unpaired) electrons. The zero-order chi connectivity index (χ0) is 20.9. The Morgan fingerprint density at radius 3 is 2.38 bits per heavy atom. The molecule has 7 nitrogen and oxygen atoms in total. The second kappa shape index (κ2) is 9.24. The van der Waals surface area contributed by atoms with Crippen LogP contribution in [0.4, 0.5) is 9.18 Å². The molecule has 3 amide bonds. The van der Waals surface area contributed by atoms with Gasteiger partial charge in [0.15, 0.2) is 0 Å². The summed E-state index contributed by atoms with van der Waals surface area (Å²) in [5.41, 5.74) is 0.459. The monoisotopic (exact) mass is 405 g/mol.